The molecule has 0 aliphatic carbocycles. The highest BCUT2D eigenvalue weighted by molar-refractivity contribution is 7.99. The molecule has 0 aliphatic heterocycles. The van der Waals surface area contributed by atoms with Gasteiger partial charge < -0.3 is 9.88 Å². The molecule has 0 spiro atoms. The van der Waals surface area contributed by atoms with E-state index >= 15 is 0 Å². The number of hydrogen-bond acceptors (Lipinski definition) is 6. The molecule has 33 heavy (non-hydrogen) atoms. The summed E-state index contributed by atoms with van der Waals surface area (Å²) < 4.78 is 3.36. The number of hydrogen-bond donors (Lipinski definition) is 1. The van der Waals surface area contributed by atoms with Gasteiger partial charge in [0.15, 0.2) is 5.16 Å². The molecular weight excluding hydrogens is 460 g/mol. The van der Waals surface area contributed by atoms with Crippen LogP contribution in [0.1, 0.15) is 28.2 Å². The van der Waals surface area contributed by atoms with E-state index in [2.05, 4.69) is 20.5 Å². The predicted octanol–water partition coefficient (Wildman–Crippen LogP) is 3.72. The molecule has 0 bridgehead atoms. The van der Waals surface area contributed by atoms with Crippen molar-refractivity contribution < 1.29 is 4.79 Å². The first-order valence-corrected chi connectivity index (χ1v) is 11.7. The van der Waals surface area contributed by atoms with Crippen LogP contribution in [0.15, 0.2) is 46.5 Å². The van der Waals surface area contributed by atoms with E-state index in [1.54, 1.807) is 27.3 Å². The van der Waals surface area contributed by atoms with Crippen LogP contribution < -0.4 is 10.9 Å². The van der Waals surface area contributed by atoms with Gasteiger partial charge in [-0.05, 0) is 50.1 Å². The van der Waals surface area contributed by atoms with Crippen molar-refractivity contribution >= 4 is 40.6 Å². The van der Waals surface area contributed by atoms with Crippen molar-refractivity contribution in [3.05, 3.63) is 80.1 Å². The first-order chi connectivity index (χ1) is 15.7. The molecule has 1 aromatic carbocycles. The van der Waals surface area contributed by atoms with Crippen LogP contribution in [0.3, 0.4) is 0 Å². The number of amides is 1. The molecule has 8 nitrogen and oxygen atoms in total. The average Bonchev–Trinajstić information content (AvgIpc) is 3.13. The van der Waals surface area contributed by atoms with Gasteiger partial charge in [-0.3, -0.25) is 14.0 Å². The van der Waals surface area contributed by atoms with Crippen molar-refractivity contribution in [1.29, 1.82) is 0 Å². The fraction of sp³-hybridized carbons (Fsp3) is 0.261. The van der Waals surface area contributed by atoms with Gasteiger partial charge >= 0.3 is 0 Å². The number of fused-ring (bicyclic) bond motifs is 1. The van der Waals surface area contributed by atoms with Crippen molar-refractivity contribution in [2.45, 2.75) is 32.3 Å². The normalized spacial score (nSPS) is 11.2. The number of thioether (sulfide) groups is 1. The minimum Gasteiger partial charge on any atom is -0.325 e. The fourth-order valence-corrected chi connectivity index (χ4v) is 4.34. The van der Waals surface area contributed by atoms with Crippen LogP contribution in [0.4, 0.5) is 5.69 Å². The van der Waals surface area contributed by atoms with Crippen molar-refractivity contribution in [3.8, 4) is 0 Å². The summed E-state index contributed by atoms with van der Waals surface area (Å²) in [5.41, 5.74) is 4.21. The standard InChI is InChI=1S/C23H23ClN6O2S/c1-13-8-9-19-25-15(3)16(22(32)30(19)11-13)10-20-27-28-23(29(20)4)33-12-21(31)26-18-7-5-6-17(24)14(18)2/h5-9,11H,10,12H2,1-4H3,(H,26,31). The van der Waals surface area contributed by atoms with Crippen LogP contribution in [-0.4, -0.2) is 35.8 Å². The van der Waals surface area contributed by atoms with E-state index in [1.807, 2.05) is 46.0 Å². The summed E-state index contributed by atoms with van der Waals surface area (Å²) in [6.07, 6.45) is 2.08. The first-order valence-electron chi connectivity index (χ1n) is 10.3. The summed E-state index contributed by atoms with van der Waals surface area (Å²) in [5.74, 6) is 0.618. The lowest BCUT2D eigenvalue weighted by Crippen LogP contribution is -2.22. The quantitative estimate of drug-likeness (QED) is 0.421. The maximum atomic E-state index is 13.1. The van der Waals surface area contributed by atoms with E-state index in [9.17, 15) is 9.59 Å². The molecule has 0 aliphatic rings. The zero-order valence-electron chi connectivity index (χ0n) is 18.7. The second-order valence-electron chi connectivity index (χ2n) is 7.80. The summed E-state index contributed by atoms with van der Waals surface area (Å²) in [4.78, 5) is 30.0. The summed E-state index contributed by atoms with van der Waals surface area (Å²) in [5, 5.41) is 12.5. The van der Waals surface area contributed by atoms with Crippen LogP contribution in [-0.2, 0) is 18.3 Å². The van der Waals surface area contributed by atoms with Gasteiger partial charge in [0.2, 0.25) is 5.91 Å². The second kappa shape index (κ2) is 9.36. The molecule has 10 heteroatoms. The summed E-state index contributed by atoms with van der Waals surface area (Å²) >= 11 is 7.39. The minimum absolute atomic E-state index is 0.116. The largest absolute Gasteiger partial charge is 0.325 e. The molecule has 0 saturated heterocycles. The van der Waals surface area contributed by atoms with Crippen molar-refractivity contribution in [1.82, 2.24) is 24.1 Å². The fourth-order valence-electron chi connectivity index (χ4n) is 3.44. The molecular formula is C23H23ClN6O2S. The highest BCUT2D eigenvalue weighted by Crippen LogP contribution is 2.24. The number of carbonyl (C=O) groups is 1. The van der Waals surface area contributed by atoms with E-state index < -0.39 is 0 Å². The zero-order chi connectivity index (χ0) is 23.7. The SMILES string of the molecule is Cc1ccc2nc(C)c(Cc3nnc(SCC(=O)Nc4cccc(Cl)c4C)n3C)c(=O)n2c1. The molecule has 3 aromatic heterocycles. The van der Waals surface area contributed by atoms with Gasteiger partial charge in [-0.25, -0.2) is 4.98 Å². The molecule has 1 N–H and O–H groups in total. The number of carbonyl (C=O) groups excluding carboxylic acids is 1. The average molecular weight is 483 g/mol. The number of aryl methyl sites for hydroxylation is 2. The minimum atomic E-state index is -0.168. The Bertz CT molecular complexity index is 1430. The van der Waals surface area contributed by atoms with Gasteiger partial charge in [-0.15, -0.1) is 10.2 Å². The van der Waals surface area contributed by atoms with Gasteiger partial charge in [-0.1, -0.05) is 35.5 Å². The Morgan fingerprint density at radius 1 is 1.15 bits per heavy atom. The van der Waals surface area contributed by atoms with E-state index in [0.717, 1.165) is 11.1 Å². The Balaban J connectivity index is 1.49. The molecule has 4 aromatic rings. The van der Waals surface area contributed by atoms with E-state index in [4.69, 9.17) is 11.6 Å². The third-order valence-electron chi connectivity index (χ3n) is 5.40. The summed E-state index contributed by atoms with van der Waals surface area (Å²) in [6.45, 7) is 5.61. The number of anilines is 1. The van der Waals surface area contributed by atoms with Crippen LogP contribution in [0.2, 0.25) is 5.02 Å². The number of pyridine rings is 1. The summed E-state index contributed by atoms with van der Waals surface area (Å²) in [6, 6.07) is 9.14. The number of benzene rings is 1. The van der Waals surface area contributed by atoms with Crippen LogP contribution >= 0.6 is 23.4 Å². The monoisotopic (exact) mass is 482 g/mol. The Labute approximate surface area is 200 Å². The van der Waals surface area contributed by atoms with Gasteiger partial charge in [0, 0.05) is 41.6 Å². The third kappa shape index (κ3) is 4.79. The summed E-state index contributed by atoms with van der Waals surface area (Å²) in [7, 11) is 1.82. The molecule has 170 valence electrons. The number of halogens is 1. The smallest absolute Gasteiger partial charge is 0.261 e. The Morgan fingerprint density at radius 2 is 1.94 bits per heavy atom. The number of nitrogens with zero attached hydrogens (tertiary/aromatic N) is 5. The van der Waals surface area contributed by atoms with Crippen molar-refractivity contribution in [3.63, 3.8) is 0 Å². The Hall–Kier alpha value is -3.17. The lowest BCUT2D eigenvalue weighted by Gasteiger charge is -2.10. The van der Waals surface area contributed by atoms with Gasteiger partial charge in [0.1, 0.15) is 11.5 Å². The highest BCUT2D eigenvalue weighted by atomic mass is 35.5. The maximum absolute atomic E-state index is 13.1. The molecule has 0 atom stereocenters. The lowest BCUT2D eigenvalue weighted by molar-refractivity contribution is -0.113. The third-order valence-corrected chi connectivity index (χ3v) is 6.83. The Kier molecular flexibility index (Phi) is 6.53. The number of aromatic nitrogens is 5. The molecule has 0 fully saturated rings. The predicted molar refractivity (Wildman–Crippen MR) is 130 cm³/mol. The van der Waals surface area contributed by atoms with Crippen molar-refractivity contribution in [2.24, 2.45) is 7.05 Å². The highest BCUT2D eigenvalue weighted by Gasteiger charge is 2.17. The van der Waals surface area contributed by atoms with Gasteiger partial charge in [0.05, 0.1) is 5.75 Å². The molecule has 1 amide bonds. The van der Waals surface area contributed by atoms with E-state index in [0.29, 0.717) is 45.0 Å². The Morgan fingerprint density at radius 3 is 2.73 bits per heavy atom. The van der Waals surface area contributed by atoms with Crippen LogP contribution in [0.25, 0.3) is 5.65 Å². The van der Waals surface area contributed by atoms with Gasteiger partial charge in [-0.2, -0.15) is 0 Å². The number of nitrogens with one attached hydrogen (secondary N) is 1. The first kappa shape index (κ1) is 23.0. The lowest BCUT2D eigenvalue weighted by atomic mass is 10.1. The maximum Gasteiger partial charge on any atom is 0.261 e. The van der Waals surface area contributed by atoms with Crippen LogP contribution in [0.5, 0.6) is 0 Å². The number of rotatable bonds is 6. The van der Waals surface area contributed by atoms with Gasteiger partial charge in [0.25, 0.3) is 5.56 Å². The van der Waals surface area contributed by atoms with Crippen molar-refractivity contribution in [2.75, 3.05) is 11.1 Å². The molecule has 4 rings (SSSR count). The second-order valence-corrected chi connectivity index (χ2v) is 9.15. The molecule has 0 radical (unpaired) electrons. The van der Waals surface area contributed by atoms with Crippen LogP contribution in [0, 0.1) is 20.8 Å². The van der Waals surface area contributed by atoms with E-state index in [-0.39, 0.29) is 17.2 Å². The van der Waals surface area contributed by atoms with E-state index in [1.165, 1.54) is 11.8 Å². The topological polar surface area (TPSA) is 94.2 Å². The molecule has 3 heterocycles. The molecule has 0 unspecified atom stereocenters. The molecule has 0 saturated carbocycles. The zero-order valence-corrected chi connectivity index (χ0v) is 20.3.